The molecule has 3 nitrogen and oxygen atoms in total. The molecule has 0 unspecified atom stereocenters. The van der Waals surface area contributed by atoms with Crippen molar-refractivity contribution in [2.45, 2.75) is 6.61 Å². The Hall–Kier alpha value is -2.23. The second-order valence-electron chi connectivity index (χ2n) is 3.39. The first-order valence-corrected chi connectivity index (χ1v) is 5.07. The summed E-state index contributed by atoms with van der Waals surface area (Å²) in [5.41, 5.74) is 0.869. The van der Waals surface area contributed by atoms with Crippen molar-refractivity contribution < 1.29 is 13.9 Å². The molecule has 2 rings (SSSR count). The van der Waals surface area contributed by atoms with Gasteiger partial charge in [0.05, 0.1) is 11.3 Å². The van der Waals surface area contributed by atoms with Gasteiger partial charge in [-0.15, -0.1) is 0 Å². The summed E-state index contributed by atoms with van der Waals surface area (Å²) < 4.78 is 18.7. The zero-order chi connectivity index (χ0) is 12.1. The molecule has 0 amide bonds. The van der Waals surface area contributed by atoms with Crippen LogP contribution in [-0.2, 0) is 6.61 Å². The van der Waals surface area contributed by atoms with E-state index in [1.54, 1.807) is 18.3 Å². The van der Waals surface area contributed by atoms with Crippen molar-refractivity contribution in [2.75, 3.05) is 0 Å². The third kappa shape index (κ3) is 2.66. The highest BCUT2D eigenvalue weighted by atomic mass is 19.1. The molecule has 17 heavy (non-hydrogen) atoms. The zero-order valence-corrected chi connectivity index (χ0v) is 8.97. The largest absolute Gasteiger partial charge is 0.483 e. The molecule has 0 aliphatic rings. The Labute approximate surface area is 97.9 Å². The van der Waals surface area contributed by atoms with E-state index in [9.17, 15) is 9.18 Å². The molecule has 1 aromatic carbocycles. The van der Waals surface area contributed by atoms with Gasteiger partial charge in [-0.25, -0.2) is 4.39 Å². The predicted octanol–water partition coefficient (Wildman–Crippen LogP) is 2.61. The molecular formula is C13H10FNO2. The Morgan fingerprint density at radius 3 is 2.82 bits per heavy atom. The SMILES string of the molecule is O=Cc1cccc(F)c1OCc1ccccn1. The fourth-order valence-corrected chi connectivity index (χ4v) is 1.40. The summed E-state index contributed by atoms with van der Waals surface area (Å²) in [6.45, 7) is 0.128. The number of ether oxygens (including phenoxy) is 1. The lowest BCUT2D eigenvalue weighted by atomic mass is 10.2. The first-order chi connectivity index (χ1) is 8.31. The Morgan fingerprint density at radius 2 is 2.12 bits per heavy atom. The van der Waals surface area contributed by atoms with Crippen LogP contribution in [-0.4, -0.2) is 11.3 Å². The van der Waals surface area contributed by atoms with E-state index in [1.807, 2.05) is 6.07 Å². The zero-order valence-electron chi connectivity index (χ0n) is 8.97. The number of hydrogen-bond acceptors (Lipinski definition) is 3. The van der Waals surface area contributed by atoms with Gasteiger partial charge in [0, 0.05) is 6.20 Å². The monoisotopic (exact) mass is 231 g/mol. The second kappa shape index (κ2) is 5.21. The van der Waals surface area contributed by atoms with Gasteiger partial charge >= 0.3 is 0 Å². The van der Waals surface area contributed by atoms with E-state index in [1.165, 1.54) is 18.2 Å². The summed E-state index contributed by atoms with van der Waals surface area (Å²) in [5, 5.41) is 0. The molecular weight excluding hydrogens is 221 g/mol. The molecule has 0 N–H and O–H groups in total. The van der Waals surface area contributed by atoms with E-state index >= 15 is 0 Å². The number of aldehydes is 1. The number of carbonyl (C=O) groups excluding carboxylic acids is 1. The number of hydrogen-bond donors (Lipinski definition) is 0. The molecule has 0 saturated carbocycles. The van der Waals surface area contributed by atoms with Gasteiger partial charge in [0.25, 0.3) is 0 Å². The lowest BCUT2D eigenvalue weighted by Gasteiger charge is -2.08. The molecule has 0 atom stereocenters. The number of aromatic nitrogens is 1. The van der Waals surface area contributed by atoms with Gasteiger partial charge in [-0.1, -0.05) is 12.1 Å². The Balaban J connectivity index is 2.16. The highest BCUT2D eigenvalue weighted by molar-refractivity contribution is 5.79. The molecule has 0 radical (unpaired) electrons. The summed E-state index contributed by atoms with van der Waals surface area (Å²) in [7, 11) is 0. The highest BCUT2D eigenvalue weighted by Gasteiger charge is 2.09. The first-order valence-electron chi connectivity index (χ1n) is 5.07. The minimum Gasteiger partial charge on any atom is -0.483 e. The van der Waals surface area contributed by atoms with Gasteiger partial charge in [-0.2, -0.15) is 0 Å². The highest BCUT2D eigenvalue weighted by Crippen LogP contribution is 2.21. The van der Waals surface area contributed by atoms with Crippen molar-refractivity contribution in [3.63, 3.8) is 0 Å². The maximum atomic E-state index is 13.4. The van der Waals surface area contributed by atoms with Crippen molar-refractivity contribution in [1.82, 2.24) is 4.98 Å². The molecule has 1 heterocycles. The predicted molar refractivity (Wildman–Crippen MR) is 60.4 cm³/mol. The van der Waals surface area contributed by atoms with Gasteiger partial charge in [0.2, 0.25) is 0 Å². The topological polar surface area (TPSA) is 39.2 Å². The van der Waals surface area contributed by atoms with Crippen LogP contribution in [0.1, 0.15) is 16.1 Å². The average Bonchev–Trinajstić information content (AvgIpc) is 2.38. The number of benzene rings is 1. The van der Waals surface area contributed by atoms with Gasteiger partial charge in [-0.05, 0) is 24.3 Å². The molecule has 2 aromatic rings. The van der Waals surface area contributed by atoms with Gasteiger partial charge < -0.3 is 4.74 Å². The van der Waals surface area contributed by atoms with Gasteiger partial charge in [0.15, 0.2) is 17.9 Å². The third-order valence-electron chi connectivity index (χ3n) is 2.21. The van der Waals surface area contributed by atoms with Crippen molar-refractivity contribution in [3.8, 4) is 5.75 Å². The Kier molecular flexibility index (Phi) is 3.45. The summed E-state index contributed by atoms with van der Waals surface area (Å²) in [5.74, 6) is -0.585. The third-order valence-corrected chi connectivity index (χ3v) is 2.21. The van der Waals surface area contributed by atoms with Gasteiger partial charge in [0.1, 0.15) is 6.61 Å². The Morgan fingerprint density at radius 1 is 1.24 bits per heavy atom. The summed E-state index contributed by atoms with van der Waals surface area (Å²) >= 11 is 0. The van der Waals surface area contributed by atoms with E-state index in [0.29, 0.717) is 12.0 Å². The smallest absolute Gasteiger partial charge is 0.166 e. The number of carbonyl (C=O) groups is 1. The van der Waals surface area contributed by atoms with Crippen LogP contribution in [0.15, 0.2) is 42.6 Å². The van der Waals surface area contributed by atoms with Crippen LogP contribution in [0.4, 0.5) is 4.39 Å². The average molecular weight is 231 g/mol. The summed E-state index contributed by atoms with van der Waals surface area (Å²) in [4.78, 5) is 14.8. The second-order valence-corrected chi connectivity index (χ2v) is 3.39. The van der Waals surface area contributed by atoms with E-state index in [2.05, 4.69) is 4.98 Å². The van der Waals surface area contributed by atoms with Crippen LogP contribution < -0.4 is 4.74 Å². The Bertz CT molecular complexity index is 514. The molecule has 0 bridgehead atoms. The number of rotatable bonds is 4. The fourth-order valence-electron chi connectivity index (χ4n) is 1.40. The van der Waals surface area contributed by atoms with Crippen LogP contribution >= 0.6 is 0 Å². The molecule has 0 fully saturated rings. The molecule has 86 valence electrons. The minimum absolute atomic E-state index is 0.0341. The van der Waals surface area contributed by atoms with Gasteiger partial charge in [-0.3, -0.25) is 9.78 Å². The van der Waals surface area contributed by atoms with Crippen molar-refractivity contribution in [3.05, 3.63) is 59.7 Å². The van der Waals surface area contributed by atoms with Crippen LogP contribution in [0.2, 0.25) is 0 Å². The first kappa shape index (κ1) is 11.3. The standard InChI is InChI=1S/C13H10FNO2/c14-12-6-3-4-10(8-16)13(12)17-9-11-5-1-2-7-15-11/h1-8H,9H2. The lowest BCUT2D eigenvalue weighted by Crippen LogP contribution is -2.01. The van der Waals surface area contributed by atoms with Crippen molar-refractivity contribution in [1.29, 1.82) is 0 Å². The quantitative estimate of drug-likeness (QED) is 0.759. The van der Waals surface area contributed by atoms with E-state index in [-0.39, 0.29) is 17.9 Å². The molecule has 1 aromatic heterocycles. The van der Waals surface area contributed by atoms with Crippen molar-refractivity contribution in [2.24, 2.45) is 0 Å². The minimum atomic E-state index is -0.550. The van der Waals surface area contributed by atoms with Crippen LogP contribution in [0, 0.1) is 5.82 Å². The number of para-hydroxylation sites is 1. The number of nitrogens with zero attached hydrogens (tertiary/aromatic N) is 1. The fraction of sp³-hybridized carbons (Fsp3) is 0.0769. The molecule has 4 heteroatoms. The maximum absolute atomic E-state index is 13.4. The summed E-state index contributed by atoms with van der Waals surface area (Å²) in [6.07, 6.45) is 2.19. The lowest BCUT2D eigenvalue weighted by molar-refractivity contribution is 0.111. The summed E-state index contributed by atoms with van der Waals surface area (Å²) in [6, 6.07) is 9.58. The van der Waals surface area contributed by atoms with E-state index in [4.69, 9.17) is 4.74 Å². The van der Waals surface area contributed by atoms with Crippen molar-refractivity contribution >= 4 is 6.29 Å². The number of pyridine rings is 1. The maximum Gasteiger partial charge on any atom is 0.166 e. The normalized spacial score (nSPS) is 9.94. The molecule has 0 spiro atoms. The van der Waals surface area contributed by atoms with Crippen LogP contribution in [0.3, 0.4) is 0 Å². The van der Waals surface area contributed by atoms with Crippen LogP contribution in [0.25, 0.3) is 0 Å². The van der Waals surface area contributed by atoms with E-state index in [0.717, 1.165) is 0 Å². The molecule has 0 aliphatic carbocycles. The van der Waals surface area contributed by atoms with E-state index < -0.39 is 5.82 Å². The molecule has 0 saturated heterocycles. The van der Waals surface area contributed by atoms with Crippen LogP contribution in [0.5, 0.6) is 5.75 Å². The molecule has 0 aliphatic heterocycles. The number of halogens is 1.